The number of carbonyl (C=O) groups excluding carboxylic acids is 1. The first-order valence-electron chi connectivity index (χ1n) is 7.92. The first-order chi connectivity index (χ1) is 12.5. The zero-order chi connectivity index (χ0) is 18.7. The van der Waals surface area contributed by atoms with E-state index in [4.69, 9.17) is 27.9 Å². The van der Waals surface area contributed by atoms with Gasteiger partial charge in [-0.15, -0.1) is 0 Å². The molecule has 0 N–H and O–H groups in total. The van der Waals surface area contributed by atoms with Crippen molar-refractivity contribution in [1.82, 2.24) is 9.78 Å². The molecule has 1 aromatic heterocycles. The molecule has 3 aromatic rings. The number of aromatic nitrogens is 2. The smallest absolute Gasteiger partial charge is 0.358 e. The molecular weight excluding hydrogens is 378 g/mol. The Kier molecular flexibility index (Phi) is 5.59. The SMILES string of the molecule is CCOC(=O)c1cc(-c2ccc(F)cc2)n(Cc2ccc(Cl)cc2Cl)n1. The lowest BCUT2D eigenvalue weighted by Crippen LogP contribution is -2.08. The van der Waals surface area contributed by atoms with Gasteiger partial charge in [0.2, 0.25) is 0 Å². The third kappa shape index (κ3) is 4.06. The van der Waals surface area contributed by atoms with E-state index in [1.54, 1.807) is 48.0 Å². The highest BCUT2D eigenvalue weighted by Crippen LogP contribution is 2.26. The molecule has 0 aliphatic heterocycles. The Morgan fingerprint density at radius 3 is 2.54 bits per heavy atom. The molecule has 0 radical (unpaired) electrons. The minimum Gasteiger partial charge on any atom is -0.461 e. The lowest BCUT2D eigenvalue weighted by Gasteiger charge is -2.09. The van der Waals surface area contributed by atoms with Crippen LogP contribution in [0.5, 0.6) is 0 Å². The van der Waals surface area contributed by atoms with E-state index in [-0.39, 0.29) is 18.1 Å². The highest BCUT2D eigenvalue weighted by molar-refractivity contribution is 6.35. The number of benzene rings is 2. The molecule has 3 rings (SSSR count). The molecular formula is C19H15Cl2FN2O2. The van der Waals surface area contributed by atoms with Gasteiger partial charge < -0.3 is 4.74 Å². The number of nitrogens with zero attached hydrogens (tertiary/aromatic N) is 2. The average Bonchev–Trinajstić information content (AvgIpc) is 3.02. The molecule has 0 fully saturated rings. The van der Waals surface area contributed by atoms with Gasteiger partial charge in [0.15, 0.2) is 5.69 Å². The van der Waals surface area contributed by atoms with Gasteiger partial charge in [0.1, 0.15) is 5.82 Å². The summed E-state index contributed by atoms with van der Waals surface area (Å²) in [4.78, 5) is 12.1. The van der Waals surface area contributed by atoms with Crippen LogP contribution in [-0.4, -0.2) is 22.4 Å². The van der Waals surface area contributed by atoms with Gasteiger partial charge in [0.05, 0.1) is 18.8 Å². The first kappa shape index (κ1) is 18.4. The summed E-state index contributed by atoms with van der Waals surface area (Å²) in [7, 11) is 0. The Morgan fingerprint density at radius 1 is 1.15 bits per heavy atom. The summed E-state index contributed by atoms with van der Waals surface area (Å²) in [6.07, 6.45) is 0. The predicted octanol–water partition coefficient (Wildman–Crippen LogP) is 5.22. The van der Waals surface area contributed by atoms with Crippen LogP contribution in [0.3, 0.4) is 0 Å². The fourth-order valence-electron chi connectivity index (χ4n) is 2.51. The molecule has 2 aromatic carbocycles. The normalized spacial score (nSPS) is 10.8. The summed E-state index contributed by atoms with van der Waals surface area (Å²) >= 11 is 12.2. The molecule has 0 unspecified atom stereocenters. The van der Waals surface area contributed by atoms with Gasteiger partial charge in [-0.3, -0.25) is 4.68 Å². The molecule has 0 bridgehead atoms. The summed E-state index contributed by atoms with van der Waals surface area (Å²) in [6, 6.07) is 12.8. The number of carbonyl (C=O) groups is 1. The van der Waals surface area contributed by atoms with Crippen molar-refractivity contribution in [2.24, 2.45) is 0 Å². The van der Waals surface area contributed by atoms with E-state index in [2.05, 4.69) is 5.10 Å². The fourth-order valence-corrected chi connectivity index (χ4v) is 2.97. The van der Waals surface area contributed by atoms with Crippen LogP contribution >= 0.6 is 23.2 Å². The molecule has 0 aliphatic rings. The molecule has 0 saturated carbocycles. The van der Waals surface area contributed by atoms with Crippen molar-refractivity contribution in [1.29, 1.82) is 0 Å². The van der Waals surface area contributed by atoms with Gasteiger partial charge in [-0.1, -0.05) is 29.3 Å². The quantitative estimate of drug-likeness (QED) is 0.559. The number of rotatable bonds is 5. The van der Waals surface area contributed by atoms with Gasteiger partial charge in [-0.05, 0) is 55.0 Å². The monoisotopic (exact) mass is 392 g/mol. The summed E-state index contributed by atoms with van der Waals surface area (Å²) in [5.41, 5.74) is 2.34. The number of esters is 1. The van der Waals surface area contributed by atoms with E-state index in [1.807, 2.05) is 0 Å². The molecule has 0 amide bonds. The van der Waals surface area contributed by atoms with E-state index in [0.717, 1.165) is 11.1 Å². The second-order valence-electron chi connectivity index (χ2n) is 5.54. The molecule has 0 atom stereocenters. The molecule has 26 heavy (non-hydrogen) atoms. The maximum absolute atomic E-state index is 13.2. The Labute approximate surface area is 160 Å². The Balaban J connectivity index is 2.03. The minimum atomic E-state index is -0.517. The number of halogens is 3. The van der Waals surface area contributed by atoms with Crippen molar-refractivity contribution in [3.8, 4) is 11.3 Å². The van der Waals surface area contributed by atoms with Crippen molar-refractivity contribution >= 4 is 29.2 Å². The second-order valence-corrected chi connectivity index (χ2v) is 6.38. The molecule has 4 nitrogen and oxygen atoms in total. The zero-order valence-corrected chi connectivity index (χ0v) is 15.4. The highest BCUT2D eigenvalue weighted by Gasteiger charge is 2.17. The Morgan fingerprint density at radius 2 is 1.88 bits per heavy atom. The maximum Gasteiger partial charge on any atom is 0.358 e. The summed E-state index contributed by atoms with van der Waals surface area (Å²) in [5.74, 6) is -0.858. The lowest BCUT2D eigenvalue weighted by atomic mass is 10.1. The topological polar surface area (TPSA) is 44.1 Å². The van der Waals surface area contributed by atoms with Gasteiger partial charge >= 0.3 is 5.97 Å². The van der Waals surface area contributed by atoms with Crippen LogP contribution < -0.4 is 0 Å². The third-order valence-electron chi connectivity index (χ3n) is 3.74. The fraction of sp³-hybridized carbons (Fsp3) is 0.158. The van der Waals surface area contributed by atoms with Crippen molar-refractivity contribution in [2.75, 3.05) is 6.61 Å². The van der Waals surface area contributed by atoms with Crippen LogP contribution in [0.1, 0.15) is 23.0 Å². The summed E-state index contributed by atoms with van der Waals surface area (Å²) < 4.78 is 19.9. The predicted molar refractivity (Wildman–Crippen MR) is 99.1 cm³/mol. The number of ether oxygens (including phenoxy) is 1. The van der Waals surface area contributed by atoms with Crippen LogP contribution in [0.4, 0.5) is 4.39 Å². The first-order valence-corrected chi connectivity index (χ1v) is 8.68. The van der Waals surface area contributed by atoms with E-state index in [9.17, 15) is 9.18 Å². The van der Waals surface area contributed by atoms with Crippen LogP contribution in [0, 0.1) is 5.82 Å². The van der Waals surface area contributed by atoms with E-state index < -0.39 is 5.97 Å². The van der Waals surface area contributed by atoms with Gasteiger partial charge in [-0.2, -0.15) is 5.10 Å². The highest BCUT2D eigenvalue weighted by atomic mass is 35.5. The molecule has 1 heterocycles. The van der Waals surface area contributed by atoms with Crippen molar-refractivity contribution in [2.45, 2.75) is 13.5 Å². The third-order valence-corrected chi connectivity index (χ3v) is 4.33. The van der Waals surface area contributed by atoms with E-state index in [1.165, 1.54) is 12.1 Å². The molecule has 134 valence electrons. The molecule has 0 saturated heterocycles. The molecule has 7 heteroatoms. The Bertz CT molecular complexity index is 939. The zero-order valence-electron chi connectivity index (χ0n) is 13.9. The minimum absolute atomic E-state index is 0.177. The van der Waals surface area contributed by atoms with Crippen molar-refractivity contribution in [3.05, 3.63) is 75.7 Å². The van der Waals surface area contributed by atoms with Gasteiger partial charge in [-0.25, -0.2) is 9.18 Å². The van der Waals surface area contributed by atoms with E-state index >= 15 is 0 Å². The van der Waals surface area contributed by atoms with Gasteiger partial charge in [0, 0.05) is 15.6 Å². The Hall–Kier alpha value is -2.37. The van der Waals surface area contributed by atoms with Crippen LogP contribution in [0.25, 0.3) is 11.3 Å². The van der Waals surface area contributed by atoms with Crippen LogP contribution in [0.15, 0.2) is 48.5 Å². The number of hydrogen-bond acceptors (Lipinski definition) is 3. The van der Waals surface area contributed by atoms with Crippen molar-refractivity contribution in [3.63, 3.8) is 0 Å². The summed E-state index contributed by atoms with van der Waals surface area (Å²) in [5, 5.41) is 5.37. The van der Waals surface area contributed by atoms with Crippen LogP contribution in [-0.2, 0) is 11.3 Å². The van der Waals surface area contributed by atoms with E-state index in [0.29, 0.717) is 22.3 Å². The van der Waals surface area contributed by atoms with Crippen molar-refractivity contribution < 1.29 is 13.9 Å². The maximum atomic E-state index is 13.2. The average molecular weight is 393 g/mol. The largest absolute Gasteiger partial charge is 0.461 e. The molecule has 0 aliphatic carbocycles. The summed E-state index contributed by atoms with van der Waals surface area (Å²) in [6.45, 7) is 2.30. The lowest BCUT2D eigenvalue weighted by molar-refractivity contribution is 0.0518. The van der Waals surface area contributed by atoms with Crippen LogP contribution in [0.2, 0.25) is 10.0 Å². The number of hydrogen-bond donors (Lipinski definition) is 0. The van der Waals surface area contributed by atoms with Gasteiger partial charge in [0.25, 0.3) is 0 Å². The second kappa shape index (κ2) is 7.89. The standard InChI is InChI=1S/C19H15Cl2FN2O2/c1-2-26-19(25)17-10-18(12-4-7-15(22)8-5-12)24(23-17)11-13-3-6-14(20)9-16(13)21/h3-10H,2,11H2,1H3. The molecule has 0 spiro atoms.